The summed E-state index contributed by atoms with van der Waals surface area (Å²) in [6, 6.07) is 1.65. The van der Waals surface area contributed by atoms with E-state index >= 15 is 0 Å². The molecule has 1 amide bonds. The van der Waals surface area contributed by atoms with E-state index < -0.39 is 6.67 Å². The molecule has 0 saturated carbocycles. The molecule has 0 aliphatic carbocycles. The molecule has 0 fully saturated rings. The standard InChI is InChI=1S/C7H9FN2OS/c8-2-3-10-7(11)6-5(9)1-4-12-6/h1,4H,2-3,9H2,(H,10,11). The predicted octanol–water partition coefficient (Wildman–Crippen LogP) is 1.03. The van der Waals surface area contributed by atoms with Gasteiger partial charge in [0, 0.05) is 6.54 Å². The van der Waals surface area contributed by atoms with Gasteiger partial charge in [0.2, 0.25) is 0 Å². The molecule has 0 aliphatic rings. The van der Waals surface area contributed by atoms with Gasteiger partial charge in [-0.25, -0.2) is 4.39 Å². The predicted molar refractivity (Wildman–Crippen MR) is 47.0 cm³/mol. The van der Waals surface area contributed by atoms with E-state index in [1.807, 2.05) is 0 Å². The molecule has 0 aromatic carbocycles. The maximum atomic E-state index is 11.7. The van der Waals surface area contributed by atoms with Crippen molar-refractivity contribution in [3.8, 4) is 0 Å². The van der Waals surface area contributed by atoms with E-state index in [1.165, 1.54) is 11.3 Å². The highest BCUT2D eigenvalue weighted by molar-refractivity contribution is 7.12. The van der Waals surface area contributed by atoms with Crippen LogP contribution < -0.4 is 11.1 Å². The number of hydrogen-bond acceptors (Lipinski definition) is 3. The van der Waals surface area contributed by atoms with Gasteiger partial charge in [-0.15, -0.1) is 11.3 Å². The van der Waals surface area contributed by atoms with E-state index in [0.29, 0.717) is 10.6 Å². The molecule has 1 rings (SSSR count). The van der Waals surface area contributed by atoms with Crippen LogP contribution in [0.5, 0.6) is 0 Å². The first-order chi connectivity index (χ1) is 5.75. The summed E-state index contributed by atoms with van der Waals surface area (Å²) < 4.78 is 11.7. The Bertz CT molecular complexity index is 274. The lowest BCUT2D eigenvalue weighted by Crippen LogP contribution is -2.25. The number of rotatable bonds is 3. The molecule has 12 heavy (non-hydrogen) atoms. The highest BCUT2D eigenvalue weighted by Crippen LogP contribution is 2.17. The Morgan fingerprint density at radius 3 is 3.00 bits per heavy atom. The fraction of sp³-hybridized carbons (Fsp3) is 0.286. The second-order valence-electron chi connectivity index (χ2n) is 2.15. The Morgan fingerprint density at radius 1 is 1.75 bits per heavy atom. The van der Waals surface area contributed by atoms with Gasteiger partial charge in [0.25, 0.3) is 5.91 Å². The van der Waals surface area contributed by atoms with Crippen LogP contribution in [-0.2, 0) is 0 Å². The van der Waals surface area contributed by atoms with Crippen molar-refractivity contribution in [3.63, 3.8) is 0 Å². The molecule has 66 valence electrons. The number of alkyl halides is 1. The largest absolute Gasteiger partial charge is 0.397 e. The number of amides is 1. The van der Waals surface area contributed by atoms with Crippen molar-refractivity contribution in [2.45, 2.75) is 0 Å². The number of hydrogen-bond donors (Lipinski definition) is 2. The summed E-state index contributed by atoms with van der Waals surface area (Å²) in [5, 5.41) is 4.11. The number of nitrogen functional groups attached to an aromatic ring is 1. The summed E-state index contributed by atoms with van der Waals surface area (Å²) >= 11 is 1.25. The number of carbonyl (C=O) groups is 1. The molecule has 0 unspecified atom stereocenters. The number of anilines is 1. The van der Waals surface area contributed by atoms with Gasteiger partial charge in [-0.3, -0.25) is 4.79 Å². The van der Waals surface area contributed by atoms with Crippen molar-refractivity contribution in [1.82, 2.24) is 5.32 Å². The maximum absolute atomic E-state index is 11.7. The number of thiophene rings is 1. The van der Waals surface area contributed by atoms with Crippen LogP contribution in [-0.4, -0.2) is 19.1 Å². The first kappa shape index (κ1) is 8.99. The minimum absolute atomic E-state index is 0.0379. The van der Waals surface area contributed by atoms with Gasteiger partial charge in [0.05, 0.1) is 5.69 Å². The zero-order chi connectivity index (χ0) is 8.97. The van der Waals surface area contributed by atoms with Crippen LogP contribution in [0, 0.1) is 0 Å². The van der Waals surface area contributed by atoms with E-state index in [1.54, 1.807) is 11.4 Å². The van der Waals surface area contributed by atoms with E-state index in [2.05, 4.69) is 5.32 Å². The second-order valence-corrected chi connectivity index (χ2v) is 3.07. The zero-order valence-corrected chi connectivity index (χ0v) is 7.16. The zero-order valence-electron chi connectivity index (χ0n) is 6.34. The Balaban J connectivity index is 2.59. The highest BCUT2D eigenvalue weighted by atomic mass is 32.1. The van der Waals surface area contributed by atoms with Gasteiger partial charge >= 0.3 is 0 Å². The third kappa shape index (κ3) is 1.94. The lowest BCUT2D eigenvalue weighted by Gasteiger charge is -1.99. The molecule has 1 aromatic heterocycles. The van der Waals surface area contributed by atoms with Gasteiger partial charge in [0.15, 0.2) is 0 Å². The van der Waals surface area contributed by atoms with Gasteiger partial charge in [-0.2, -0.15) is 0 Å². The van der Waals surface area contributed by atoms with E-state index in [-0.39, 0.29) is 12.5 Å². The van der Waals surface area contributed by atoms with Crippen molar-refractivity contribution in [1.29, 1.82) is 0 Å². The third-order valence-electron chi connectivity index (χ3n) is 1.28. The van der Waals surface area contributed by atoms with Crippen LogP contribution in [0.2, 0.25) is 0 Å². The Hall–Kier alpha value is -1.10. The second kappa shape index (κ2) is 4.06. The lowest BCUT2D eigenvalue weighted by atomic mass is 10.4. The number of halogens is 1. The Labute approximate surface area is 73.4 Å². The van der Waals surface area contributed by atoms with Crippen molar-refractivity contribution in [2.75, 3.05) is 19.0 Å². The molecule has 0 radical (unpaired) electrons. The first-order valence-corrected chi connectivity index (χ1v) is 4.31. The van der Waals surface area contributed by atoms with Gasteiger partial charge in [0.1, 0.15) is 11.6 Å². The van der Waals surface area contributed by atoms with Crippen molar-refractivity contribution < 1.29 is 9.18 Å². The van der Waals surface area contributed by atoms with Gasteiger partial charge < -0.3 is 11.1 Å². The fourth-order valence-corrected chi connectivity index (χ4v) is 1.48. The Kier molecular flexibility index (Phi) is 3.04. The lowest BCUT2D eigenvalue weighted by molar-refractivity contribution is 0.0955. The molecule has 3 N–H and O–H groups in total. The average molecular weight is 188 g/mol. The molecule has 0 spiro atoms. The normalized spacial score (nSPS) is 9.75. The number of nitrogens with two attached hydrogens (primary N) is 1. The first-order valence-electron chi connectivity index (χ1n) is 3.43. The molecule has 0 saturated heterocycles. The summed E-state index contributed by atoms with van der Waals surface area (Å²) in [6.45, 7) is -0.521. The SMILES string of the molecule is Nc1ccsc1C(=O)NCCF. The van der Waals surface area contributed by atoms with Crippen LogP contribution in [0.25, 0.3) is 0 Å². The topological polar surface area (TPSA) is 55.1 Å². The van der Waals surface area contributed by atoms with Crippen molar-refractivity contribution in [3.05, 3.63) is 16.3 Å². The summed E-state index contributed by atoms with van der Waals surface area (Å²) in [6.07, 6.45) is 0. The summed E-state index contributed by atoms with van der Waals surface area (Å²) in [4.78, 5) is 11.6. The van der Waals surface area contributed by atoms with Crippen molar-refractivity contribution in [2.24, 2.45) is 0 Å². The van der Waals surface area contributed by atoms with Crippen LogP contribution >= 0.6 is 11.3 Å². The van der Waals surface area contributed by atoms with Crippen LogP contribution in [0.3, 0.4) is 0 Å². The van der Waals surface area contributed by atoms with E-state index in [4.69, 9.17) is 5.73 Å². The minimum Gasteiger partial charge on any atom is -0.397 e. The average Bonchev–Trinajstić information content (AvgIpc) is 2.47. The molecule has 1 aromatic rings. The smallest absolute Gasteiger partial charge is 0.263 e. The fourth-order valence-electron chi connectivity index (χ4n) is 0.745. The van der Waals surface area contributed by atoms with Gasteiger partial charge in [-0.1, -0.05) is 0 Å². The molecule has 0 atom stereocenters. The molecule has 5 heteroatoms. The van der Waals surface area contributed by atoms with Crippen LogP contribution in [0.4, 0.5) is 10.1 Å². The maximum Gasteiger partial charge on any atom is 0.263 e. The van der Waals surface area contributed by atoms with E-state index in [0.717, 1.165) is 0 Å². The quantitative estimate of drug-likeness (QED) is 0.744. The van der Waals surface area contributed by atoms with Crippen LogP contribution in [0.15, 0.2) is 11.4 Å². The molecular weight excluding hydrogens is 179 g/mol. The third-order valence-corrected chi connectivity index (χ3v) is 2.21. The minimum atomic E-state index is -0.559. The van der Waals surface area contributed by atoms with Crippen molar-refractivity contribution >= 4 is 22.9 Å². The summed E-state index contributed by atoms with van der Waals surface area (Å²) in [5.41, 5.74) is 5.91. The molecule has 3 nitrogen and oxygen atoms in total. The van der Waals surface area contributed by atoms with E-state index in [9.17, 15) is 9.18 Å². The monoisotopic (exact) mass is 188 g/mol. The number of carbonyl (C=O) groups excluding carboxylic acids is 1. The van der Waals surface area contributed by atoms with Gasteiger partial charge in [-0.05, 0) is 11.4 Å². The Morgan fingerprint density at radius 2 is 2.50 bits per heavy atom. The number of nitrogens with one attached hydrogen (secondary N) is 1. The molecular formula is C7H9FN2OS. The molecule has 1 heterocycles. The highest BCUT2D eigenvalue weighted by Gasteiger charge is 2.09. The summed E-state index contributed by atoms with van der Waals surface area (Å²) in [5.74, 6) is -0.305. The molecule has 0 aliphatic heterocycles. The molecule has 0 bridgehead atoms. The van der Waals surface area contributed by atoms with Crippen LogP contribution in [0.1, 0.15) is 9.67 Å². The summed E-state index contributed by atoms with van der Waals surface area (Å²) in [7, 11) is 0.